The minimum Gasteiger partial charge on any atom is -0.277 e. The van der Waals surface area contributed by atoms with Gasteiger partial charge in [0, 0.05) is 13.2 Å². The Balaban J connectivity index is 1.83. The van der Waals surface area contributed by atoms with Crippen molar-refractivity contribution < 1.29 is 4.79 Å². The van der Waals surface area contributed by atoms with Gasteiger partial charge in [0.05, 0.1) is 28.7 Å². The average Bonchev–Trinajstić information content (AvgIpc) is 3.23. The number of aryl methyl sites for hydroxylation is 4. The molecule has 3 aromatic heterocycles. The molecule has 1 aromatic carbocycles. The molecule has 4 aromatic rings. The second-order valence-corrected chi connectivity index (χ2v) is 7.92. The quantitative estimate of drug-likeness (QED) is 0.523. The van der Waals surface area contributed by atoms with Gasteiger partial charge < -0.3 is 0 Å². The van der Waals surface area contributed by atoms with Crippen LogP contribution in [0.3, 0.4) is 0 Å². The average molecular weight is 392 g/mol. The maximum absolute atomic E-state index is 13.5. The van der Waals surface area contributed by atoms with Crippen LogP contribution in [0.1, 0.15) is 32.9 Å². The summed E-state index contributed by atoms with van der Waals surface area (Å²) in [5, 5.41) is 4.89. The lowest BCUT2D eigenvalue weighted by Gasteiger charge is -2.20. The smallest absolute Gasteiger partial charge is 0.277 e. The first-order valence-corrected chi connectivity index (χ1v) is 9.84. The molecule has 0 saturated carbocycles. The van der Waals surface area contributed by atoms with Crippen LogP contribution in [0.15, 0.2) is 42.7 Å². The first kappa shape index (κ1) is 18.3. The molecule has 1 amide bonds. The molecule has 0 fully saturated rings. The zero-order valence-electron chi connectivity index (χ0n) is 16.3. The number of nitrogens with zero attached hydrogens (tertiary/aromatic N) is 5. The Morgan fingerprint density at radius 3 is 2.68 bits per heavy atom. The standard InChI is InChI=1S/C21H21N5OS/c1-13-9-14(2)19-17(10-13)24-21(28-19)26(12-16-7-5-6-8-22-16)20(27)18-15(3)11-23-25(18)4/h5-11H,12H2,1-4H3. The molecular formula is C21H21N5OS. The van der Waals surface area contributed by atoms with Crippen LogP contribution in [0.25, 0.3) is 10.2 Å². The van der Waals surface area contributed by atoms with Crippen molar-refractivity contribution in [3.8, 4) is 0 Å². The van der Waals surface area contributed by atoms with Gasteiger partial charge in [0.25, 0.3) is 5.91 Å². The fourth-order valence-corrected chi connectivity index (χ4v) is 4.36. The van der Waals surface area contributed by atoms with E-state index in [9.17, 15) is 4.79 Å². The van der Waals surface area contributed by atoms with Crippen LogP contribution in [0, 0.1) is 20.8 Å². The molecule has 6 nitrogen and oxygen atoms in total. The van der Waals surface area contributed by atoms with Gasteiger partial charge in [0.1, 0.15) is 5.69 Å². The normalized spacial score (nSPS) is 11.1. The van der Waals surface area contributed by atoms with Gasteiger partial charge in [-0.3, -0.25) is 19.4 Å². The van der Waals surface area contributed by atoms with Crippen molar-refractivity contribution in [1.29, 1.82) is 0 Å². The predicted octanol–water partition coefficient (Wildman–Crippen LogP) is 4.20. The summed E-state index contributed by atoms with van der Waals surface area (Å²) in [5.74, 6) is -0.128. The molecule has 0 aliphatic carbocycles. The fourth-order valence-electron chi connectivity index (χ4n) is 3.34. The van der Waals surface area contributed by atoms with Gasteiger partial charge >= 0.3 is 0 Å². The molecule has 0 aliphatic rings. The van der Waals surface area contributed by atoms with Gasteiger partial charge in [-0.05, 0) is 55.7 Å². The number of anilines is 1. The molecule has 0 unspecified atom stereocenters. The summed E-state index contributed by atoms with van der Waals surface area (Å²) >= 11 is 1.53. The number of carbonyl (C=O) groups is 1. The van der Waals surface area contributed by atoms with Crippen LogP contribution in [0.4, 0.5) is 5.13 Å². The van der Waals surface area contributed by atoms with Crippen LogP contribution in [0.5, 0.6) is 0 Å². The van der Waals surface area contributed by atoms with E-state index in [2.05, 4.69) is 36.1 Å². The fraction of sp³-hybridized carbons (Fsp3) is 0.238. The second kappa shape index (κ2) is 7.16. The first-order chi connectivity index (χ1) is 13.4. The van der Waals surface area contributed by atoms with E-state index in [0.29, 0.717) is 17.4 Å². The van der Waals surface area contributed by atoms with E-state index in [0.717, 1.165) is 27.0 Å². The third-order valence-electron chi connectivity index (χ3n) is 4.66. The number of benzene rings is 1. The molecule has 0 aliphatic heterocycles. The molecule has 0 N–H and O–H groups in total. The summed E-state index contributed by atoms with van der Waals surface area (Å²) in [6, 6.07) is 9.90. The van der Waals surface area contributed by atoms with E-state index >= 15 is 0 Å². The Hall–Kier alpha value is -3.06. The number of fused-ring (bicyclic) bond motifs is 1. The Morgan fingerprint density at radius 2 is 2.00 bits per heavy atom. The summed E-state index contributed by atoms with van der Waals surface area (Å²) in [5.41, 5.74) is 5.45. The van der Waals surface area contributed by atoms with E-state index < -0.39 is 0 Å². The number of hydrogen-bond acceptors (Lipinski definition) is 5. The van der Waals surface area contributed by atoms with Gasteiger partial charge in [0.2, 0.25) is 0 Å². The minimum absolute atomic E-state index is 0.128. The Morgan fingerprint density at radius 1 is 1.18 bits per heavy atom. The van der Waals surface area contributed by atoms with Gasteiger partial charge in [0.15, 0.2) is 5.13 Å². The lowest BCUT2D eigenvalue weighted by molar-refractivity contribution is 0.0975. The van der Waals surface area contributed by atoms with Gasteiger partial charge in [-0.2, -0.15) is 5.10 Å². The van der Waals surface area contributed by atoms with Crippen molar-refractivity contribution in [2.24, 2.45) is 7.05 Å². The minimum atomic E-state index is -0.128. The van der Waals surface area contributed by atoms with Crippen LogP contribution >= 0.6 is 11.3 Å². The molecular weight excluding hydrogens is 370 g/mol. The molecule has 28 heavy (non-hydrogen) atoms. The highest BCUT2D eigenvalue weighted by Gasteiger charge is 2.26. The highest BCUT2D eigenvalue weighted by atomic mass is 32.1. The van der Waals surface area contributed by atoms with Crippen molar-refractivity contribution in [3.05, 3.63) is 70.8 Å². The Kier molecular flexibility index (Phi) is 4.68. The van der Waals surface area contributed by atoms with Crippen LogP contribution in [-0.2, 0) is 13.6 Å². The summed E-state index contributed by atoms with van der Waals surface area (Å²) in [6.07, 6.45) is 3.44. The van der Waals surface area contributed by atoms with Gasteiger partial charge in [-0.1, -0.05) is 23.5 Å². The van der Waals surface area contributed by atoms with Crippen molar-refractivity contribution >= 4 is 32.6 Å². The molecule has 7 heteroatoms. The number of hydrogen-bond donors (Lipinski definition) is 0. The Bertz CT molecular complexity index is 1140. The molecule has 142 valence electrons. The van der Waals surface area contributed by atoms with Gasteiger partial charge in [-0.25, -0.2) is 4.98 Å². The van der Waals surface area contributed by atoms with Crippen LogP contribution in [-0.4, -0.2) is 25.7 Å². The maximum Gasteiger partial charge on any atom is 0.278 e. The zero-order chi connectivity index (χ0) is 19.8. The Labute approximate surface area is 167 Å². The highest BCUT2D eigenvalue weighted by Crippen LogP contribution is 2.33. The number of aromatic nitrogens is 4. The molecule has 0 spiro atoms. The second-order valence-electron chi connectivity index (χ2n) is 6.94. The number of carbonyl (C=O) groups excluding carboxylic acids is 1. The van der Waals surface area contributed by atoms with Crippen molar-refractivity contribution in [1.82, 2.24) is 19.7 Å². The maximum atomic E-state index is 13.5. The van der Waals surface area contributed by atoms with Crippen molar-refractivity contribution in [2.75, 3.05) is 4.90 Å². The SMILES string of the molecule is Cc1cc(C)c2sc(N(Cc3ccccn3)C(=O)c3c(C)cnn3C)nc2c1. The lowest BCUT2D eigenvalue weighted by Crippen LogP contribution is -2.32. The molecule has 0 bridgehead atoms. The lowest BCUT2D eigenvalue weighted by atomic mass is 10.1. The van der Waals surface area contributed by atoms with Crippen molar-refractivity contribution in [3.63, 3.8) is 0 Å². The number of amides is 1. The van der Waals surface area contributed by atoms with E-state index in [-0.39, 0.29) is 5.91 Å². The van der Waals surface area contributed by atoms with Gasteiger partial charge in [-0.15, -0.1) is 0 Å². The molecule has 0 radical (unpaired) electrons. The zero-order valence-corrected chi connectivity index (χ0v) is 17.1. The number of pyridine rings is 1. The topological polar surface area (TPSA) is 63.9 Å². The monoisotopic (exact) mass is 391 g/mol. The predicted molar refractivity (Wildman–Crippen MR) is 112 cm³/mol. The third-order valence-corrected chi connectivity index (χ3v) is 5.88. The summed E-state index contributed by atoms with van der Waals surface area (Å²) < 4.78 is 2.72. The third kappa shape index (κ3) is 3.29. The van der Waals surface area contributed by atoms with E-state index in [1.165, 1.54) is 16.9 Å². The van der Waals surface area contributed by atoms with Crippen LogP contribution in [0.2, 0.25) is 0 Å². The number of rotatable bonds is 4. The molecule has 0 atom stereocenters. The van der Waals surface area contributed by atoms with E-state index in [1.807, 2.05) is 25.1 Å². The summed E-state index contributed by atoms with van der Waals surface area (Å²) in [4.78, 5) is 24.4. The molecule has 0 saturated heterocycles. The van der Waals surface area contributed by atoms with Crippen molar-refractivity contribution in [2.45, 2.75) is 27.3 Å². The number of thiazole rings is 1. The highest BCUT2D eigenvalue weighted by molar-refractivity contribution is 7.22. The van der Waals surface area contributed by atoms with E-state index in [1.54, 1.807) is 29.0 Å². The largest absolute Gasteiger partial charge is 0.278 e. The van der Waals surface area contributed by atoms with E-state index in [4.69, 9.17) is 4.98 Å². The summed E-state index contributed by atoms with van der Waals surface area (Å²) in [6.45, 7) is 6.38. The summed E-state index contributed by atoms with van der Waals surface area (Å²) in [7, 11) is 1.78. The molecule has 3 heterocycles. The molecule has 4 rings (SSSR count). The van der Waals surface area contributed by atoms with Crippen LogP contribution < -0.4 is 4.90 Å². The first-order valence-electron chi connectivity index (χ1n) is 9.02.